The van der Waals surface area contributed by atoms with Crippen molar-refractivity contribution >= 4 is 38.3 Å². The second-order valence-electron chi connectivity index (χ2n) is 9.57. The molecule has 0 aliphatic carbocycles. The fourth-order valence-corrected chi connectivity index (χ4v) is 4.70. The molecule has 0 fully saturated rings. The molecular formula is C24H33N5O3S. The Kier molecular flexibility index (Phi) is 6.83. The minimum absolute atomic E-state index is 0.0588. The SMILES string of the molecule is CCCS(=O)(=O)Nc1ccc(NC(=O)c2cc(C(C)C)nc3c2c(C)nn3C(C)(C)C)cc1. The summed E-state index contributed by atoms with van der Waals surface area (Å²) in [5.41, 5.74) is 3.50. The first-order chi connectivity index (χ1) is 15.3. The Morgan fingerprint density at radius 3 is 2.27 bits per heavy atom. The Hall–Kier alpha value is -2.94. The maximum atomic E-state index is 13.3. The lowest BCUT2D eigenvalue weighted by molar-refractivity contribution is 0.102. The molecule has 0 saturated carbocycles. The zero-order chi connectivity index (χ0) is 24.6. The number of carbonyl (C=O) groups excluding carboxylic acids is 1. The number of aryl methyl sites for hydroxylation is 1. The topological polar surface area (TPSA) is 106 Å². The van der Waals surface area contributed by atoms with Gasteiger partial charge < -0.3 is 5.32 Å². The number of hydrogen-bond acceptors (Lipinski definition) is 5. The Labute approximate surface area is 195 Å². The molecule has 2 heterocycles. The third kappa shape index (κ3) is 5.52. The number of amides is 1. The Bertz CT molecular complexity index is 1270. The summed E-state index contributed by atoms with van der Waals surface area (Å²) in [6.07, 6.45) is 0.535. The van der Waals surface area contributed by atoms with E-state index in [1.54, 1.807) is 24.3 Å². The average Bonchev–Trinajstić information content (AvgIpc) is 3.05. The van der Waals surface area contributed by atoms with E-state index in [1.807, 2.05) is 38.4 Å². The summed E-state index contributed by atoms with van der Waals surface area (Å²) in [6.45, 7) is 13.9. The van der Waals surface area contributed by atoms with Crippen LogP contribution in [-0.4, -0.2) is 34.8 Å². The largest absolute Gasteiger partial charge is 0.322 e. The molecular weight excluding hydrogens is 438 g/mol. The molecule has 1 amide bonds. The molecule has 3 rings (SSSR count). The van der Waals surface area contributed by atoms with Crippen LogP contribution in [0.5, 0.6) is 0 Å². The summed E-state index contributed by atoms with van der Waals surface area (Å²) in [6, 6.07) is 8.45. The number of benzene rings is 1. The van der Waals surface area contributed by atoms with Crippen molar-refractivity contribution in [1.29, 1.82) is 0 Å². The van der Waals surface area contributed by atoms with Crippen LogP contribution < -0.4 is 10.0 Å². The Balaban J connectivity index is 1.96. The number of anilines is 2. The van der Waals surface area contributed by atoms with E-state index in [4.69, 9.17) is 4.98 Å². The number of fused-ring (bicyclic) bond motifs is 1. The number of sulfonamides is 1. The molecule has 1 aromatic carbocycles. The van der Waals surface area contributed by atoms with Crippen LogP contribution in [0.25, 0.3) is 11.0 Å². The number of nitrogens with zero attached hydrogens (tertiary/aromatic N) is 3. The van der Waals surface area contributed by atoms with Gasteiger partial charge >= 0.3 is 0 Å². The molecule has 2 aromatic heterocycles. The maximum absolute atomic E-state index is 13.3. The van der Waals surface area contributed by atoms with E-state index >= 15 is 0 Å². The van der Waals surface area contributed by atoms with Crippen LogP contribution in [0.15, 0.2) is 30.3 Å². The molecule has 0 aliphatic rings. The molecule has 0 atom stereocenters. The summed E-state index contributed by atoms with van der Waals surface area (Å²) in [4.78, 5) is 18.2. The predicted octanol–water partition coefficient (Wildman–Crippen LogP) is 5.02. The molecule has 0 saturated heterocycles. The first-order valence-corrected chi connectivity index (χ1v) is 12.8. The van der Waals surface area contributed by atoms with Gasteiger partial charge in [0, 0.05) is 17.1 Å². The van der Waals surface area contributed by atoms with Crippen molar-refractivity contribution in [3.63, 3.8) is 0 Å². The predicted molar refractivity (Wildman–Crippen MR) is 133 cm³/mol. The highest BCUT2D eigenvalue weighted by molar-refractivity contribution is 7.92. The summed E-state index contributed by atoms with van der Waals surface area (Å²) in [7, 11) is -3.37. The normalized spacial score (nSPS) is 12.4. The second-order valence-corrected chi connectivity index (χ2v) is 11.4. The van der Waals surface area contributed by atoms with Crippen LogP contribution in [0.3, 0.4) is 0 Å². The van der Waals surface area contributed by atoms with Crippen LogP contribution in [0, 0.1) is 6.92 Å². The third-order valence-corrected chi connectivity index (χ3v) is 6.69. The van der Waals surface area contributed by atoms with Gasteiger partial charge in [0.1, 0.15) is 0 Å². The van der Waals surface area contributed by atoms with E-state index in [0.29, 0.717) is 29.0 Å². The third-order valence-electron chi connectivity index (χ3n) is 5.19. The van der Waals surface area contributed by atoms with Crippen LogP contribution in [0.4, 0.5) is 11.4 Å². The van der Waals surface area contributed by atoms with Gasteiger partial charge in [-0.05, 0) is 70.4 Å². The van der Waals surface area contributed by atoms with Gasteiger partial charge in [0.2, 0.25) is 10.0 Å². The van der Waals surface area contributed by atoms with Crippen molar-refractivity contribution < 1.29 is 13.2 Å². The van der Waals surface area contributed by atoms with Crippen LogP contribution >= 0.6 is 0 Å². The molecule has 0 bridgehead atoms. The van der Waals surface area contributed by atoms with Crippen LogP contribution in [0.2, 0.25) is 0 Å². The highest BCUT2D eigenvalue weighted by Gasteiger charge is 2.25. The summed E-state index contributed by atoms with van der Waals surface area (Å²) >= 11 is 0. The molecule has 0 unspecified atom stereocenters. The van der Waals surface area contributed by atoms with Crippen molar-refractivity contribution in [2.75, 3.05) is 15.8 Å². The Morgan fingerprint density at radius 1 is 1.12 bits per heavy atom. The number of rotatable bonds is 7. The minimum atomic E-state index is -3.37. The zero-order valence-corrected chi connectivity index (χ0v) is 21.2. The van der Waals surface area contributed by atoms with E-state index in [2.05, 4.69) is 35.9 Å². The van der Waals surface area contributed by atoms with Gasteiger partial charge in [-0.15, -0.1) is 0 Å². The van der Waals surface area contributed by atoms with E-state index < -0.39 is 10.0 Å². The van der Waals surface area contributed by atoms with Gasteiger partial charge in [-0.3, -0.25) is 9.52 Å². The van der Waals surface area contributed by atoms with Gasteiger partial charge in [0.15, 0.2) is 5.65 Å². The highest BCUT2D eigenvalue weighted by Crippen LogP contribution is 2.29. The molecule has 0 radical (unpaired) electrons. The standard InChI is InChI=1S/C24H33N5O3S/c1-8-13-33(31,32)28-18-11-9-17(10-12-18)25-23(30)19-14-20(15(2)3)26-22-21(19)16(4)27-29(22)24(5,6)7/h9-12,14-15,28H,8,13H2,1-7H3,(H,25,30). The van der Waals surface area contributed by atoms with Crippen molar-refractivity contribution in [2.24, 2.45) is 0 Å². The molecule has 9 heteroatoms. The van der Waals surface area contributed by atoms with Gasteiger partial charge in [-0.25, -0.2) is 18.1 Å². The van der Waals surface area contributed by atoms with Crippen molar-refractivity contribution in [3.8, 4) is 0 Å². The van der Waals surface area contributed by atoms with E-state index in [1.165, 1.54) is 0 Å². The van der Waals surface area contributed by atoms with Crippen molar-refractivity contribution in [3.05, 3.63) is 47.3 Å². The second kappa shape index (κ2) is 9.13. The van der Waals surface area contributed by atoms with E-state index in [0.717, 1.165) is 16.8 Å². The fraction of sp³-hybridized carbons (Fsp3) is 0.458. The lowest BCUT2D eigenvalue weighted by Gasteiger charge is -2.20. The fourth-order valence-electron chi connectivity index (χ4n) is 3.57. The van der Waals surface area contributed by atoms with Gasteiger partial charge in [-0.2, -0.15) is 5.10 Å². The zero-order valence-electron chi connectivity index (χ0n) is 20.4. The van der Waals surface area contributed by atoms with Crippen molar-refractivity contribution in [2.45, 2.75) is 66.3 Å². The number of hydrogen-bond donors (Lipinski definition) is 2. The molecule has 2 N–H and O–H groups in total. The number of carbonyl (C=O) groups is 1. The van der Waals surface area contributed by atoms with Crippen LogP contribution in [0.1, 0.15) is 75.6 Å². The molecule has 0 spiro atoms. The van der Waals surface area contributed by atoms with E-state index in [9.17, 15) is 13.2 Å². The molecule has 178 valence electrons. The molecule has 8 nitrogen and oxygen atoms in total. The lowest BCUT2D eigenvalue weighted by atomic mass is 10.0. The van der Waals surface area contributed by atoms with E-state index in [-0.39, 0.29) is 23.1 Å². The van der Waals surface area contributed by atoms with Gasteiger partial charge in [0.05, 0.1) is 27.9 Å². The van der Waals surface area contributed by atoms with Gasteiger partial charge in [-0.1, -0.05) is 20.8 Å². The molecule has 33 heavy (non-hydrogen) atoms. The highest BCUT2D eigenvalue weighted by atomic mass is 32.2. The number of aromatic nitrogens is 3. The van der Waals surface area contributed by atoms with Crippen molar-refractivity contribution in [1.82, 2.24) is 14.8 Å². The maximum Gasteiger partial charge on any atom is 0.256 e. The summed E-state index contributed by atoms with van der Waals surface area (Å²) < 4.78 is 28.4. The first kappa shape index (κ1) is 24.7. The number of nitrogens with one attached hydrogen (secondary N) is 2. The first-order valence-electron chi connectivity index (χ1n) is 11.1. The van der Waals surface area contributed by atoms with Gasteiger partial charge in [0.25, 0.3) is 5.91 Å². The molecule has 0 aliphatic heterocycles. The van der Waals surface area contributed by atoms with Crippen LogP contribution in [-0.2, 0) is 15.6 Å². The number of pyridine rings is 1. The average molecular weight is 472 g/mol. The summed E-state index contributed by atoms with van der Waals surface area (Å²) in [5.74, 6) is -0.0660. The quantitative estimate of drug-likeness (QED) is 0.503. The Morgan fingerprint density at radius 2 is 1.73 bits per heavy atom. The molecule has 3 aromatic rings. The summed E-state index contributed by atoms with van der Waals surface area (Å²) in [5, 5.41) is 8.34. The lowest BCUT2D eigenvalue weighted by Crippen LogP contribution is -2.24. The minimum Gasteiger partial charge on any atom is -0.322 e. The smallest absolute Gasteiger partial charge is 0.256 e. The monoisotopic (exact) mass is 471 g/mol.